The van der Waals surface area contributed by atoms with Crippen molar-refractivity contribution in [3.63, 3.8) is 0 Å². The minimum atomic E-state index is -0.670. The van der Waals surface area contributed by atoms with Crippen LogP contribution in [0, 0.1) is 0 Å². The second-order valence-corrected chi connectivity index (χ2v) is 10.8. The number of fused-ring (bicyclic) bond motifs is 1. The van der Waals surface area contributed by atoms with Gasteiger partial charge in [0.15, 0.2) is 0 Å². The maximum atomic E-state index is 12.9. The van der Waals surface area contributed by atoms with Gasteiger partial charge < -0.3 is 25.4 Å². The van der Waals surface area contributed by atoms with Crippen LogP contribution in [0.5, 0.6) is 0 Å². The van der Waals surface area contributed by atoms with Crippen LogP contribution in [0.3, 0.4) is 0 Å². The predicted octanol–water partition coefficient (Wildman–Crippen LogP) is 3.14. The van der Waals surface area contributed by atoms with Gasteiger partial charge in [-0.3, -0.25) is 19.7 Å². The lowest BCUT2D eigenvalue weighted by Gasteiger charge is -2.29. The normalized spacial score (nSPS) is 17.2. The van der Waals surface area contributed by atoms with Gasteiger partial charge in [0.2, 0.25) is 11.8 Å². The summed E-state index contributed by atoms with van der Waals surface area (Å²) in [5.74, 6) is -1.02. The number of nitrogens with one attached hydrogen (secondary N) is 3. The van der Waals surface area contributed by atoms with Gasteiger partial charge in [-0.1, -0.05) is 23.7 Å². The average Bonchev–Trinajstić information content (AvgIpc) is 3.17. The maximum Gasteiger partial charge on any atom is 0.319 e. The molecule has 208 valence electrons. The molecule has 2 aromatic rings. The number of hydrogen-bond donors (Lipinski definition) is 4. The second-order valence-electron chi connectivity index (χ2n) is 10.4. The molecule has 0 aliphatic carbocycles. The molecule has 11 heteroatoms. The molecular formula is C28H33ClN4O6. The van der Waals surface area contributed by atoms with Crippen molar-refractivity contribution in [2.75, 3.05) is 18.5 Å². The molecule has 0 radical (unpaired) electrons. The summed E-state index contributed by atoms with van der Waals surface area (Å²) in [4.78, 5) is 50.6. The van der Waals surface area contributed by atoms with E-state index in [1.54, 1.807) is 18.2 Å². The number of aliphatic hydroxyl groups excluding tert-OH is 1. The lowest BCUT2D eigenvalue weighted by atomic mass is 10.0. The third-order valence-electron chi connectivity index (χ3n) is 6.85. The summed E-state index contributed by atoms with van der Waals surface area (Å²) in [6.07, 6.45) is 1.63. The molecule has 1 fully saturated rings. The van der Waals surface area contributed by atoms with E-state index in [1.807, 2.05) is 32.0 Å². The number of halogens is 1. The van der Waals surface area contributed by atoms with E-state index in [1.165, 1.54) is 4.90 Å². The molecule has 0 bridgehead atoms. The molecule has 0 aromatic heterocycles. The monoisotopic (exact) mass is 556 g/mol. The average molecular weight is 557 g/mol. The minimum absolute atomic E-state index is 0.0533. The van der Waals surface area contributed by atoms with Gasteiger partial charge in [0.25, 0.3) is 5.91 Å². The van der Waals surface area contributed by atoms with Crippen LogP contribution in [0.1, 0.15) is 60.2 Å². The van der Waals surface area contributed by atoms with Crippen molar-refractivity contribution in [1.29, 1.82) is 0 Å². The number of urea groups is 1. The molecule has 4 N–H and O–H groups in total. The first-order valence-corrected chi connectivity index (χ1v) is 13.3. The van der Waals surface area contributed by atoms with E-state index in [0.717, 1.165) is 16.7 Å². The first kappa shape index (κ1) is 28.5. The quantitative estimate of drug-likeness (QED) is 0.332. The maximum absolute atomic E-state index is 12.9. The molecule has 2 aliphatic rings. The second kappa shape index (κ2) is 12.1. The molecular weight excluding hydrogens is 524 g/mol. The summed E-state index contributed by atoms with van der Waals surface area (Å²) < 4.78 is 5.85. The van der Waals surface area contributed by atoms with E-state index in [4.69, 9.17) is 21.4 Å². The van der Waals surface area contributed by atoms with E-state index in [0.29, 0.717) is 42.1 Å². The van der Waals surface area contributed by atoms with Crippen LogP contribution in [-0.4, -0.2) is 58.6 Å². The van der Waals surface area contributed by atoms with Gasteiger partial charge in [0.05, 0.1) is 12.2 Å². The number of hydrogen-bond acceptors (Lipinski definition) is 6. The molecule has 39 heavy (non-hydrogen) atoms. The standard InChI is InChI=1S/C28H33ClN4O6/c1-28(2,8-9-34)39-10-7-17-12-20(29)14-21(13-17)31-27(38)30-15-18-3-4-22-19(11-18)16-33(26(22)37)23-5-6-24(35)32-25(23)36/h3-4,11-14,23,34H,5-10,15-16H2,1-2H3,(H2,30,31,38)(H,32,35,36). The van der Waals surface area contributed by atoms with Crippen LogP contribution >= 0.6 is 11.6 Å². The number of rotatable bonds is 10. The number of piperidine rings is 1. The van der Waals surface area contributed by atoms with Crippen molar-refractivity contribution in [2.24, 2.45) is 0 Å². The number of ether oxygens (including phenoxy) is 1. The molecule has 1 unspecified atom stereocenters. The van der Waals surface area contributed by atoms with E-state index >= 15 is 0 Å². The first-order chi connectivity index (χ1) is 18.5. The number of imide groups is 1. The number of carbonyl (C=O) groups is 4. The van der Waals surface area contributed by atoms with E-state index in [-0.39, 0.29) is 37.9 Å². The molecule has 2 aromatic carbocycles. The first-order valence-electron chi connectivity index (χ1n) is 12.9. The Morgan fingerprint density at radius 2 is 1.97 bits per heavy atom. The minimum Gasteiger partial charge on any atom is -0.396 e. The van der Waals surface area contributed by atoms with Crippen LogP contribution < -0.4 is 16.0 Å². The molecule has 1 atom stereocenters. The van der Waals surface area contributed by atoms with Gasteiger partial charge in [0, 0.05) is 42.4 Å². The fourth-order valence-corrected chi connectivity index (χ4v) is 5.01. The van der Waals surface area contributed by atoms with Crippen molar-refractivity contribution in [3.05, 3.63) is 63.7 Å². The van der Waals surface area contributed by atoms with Gasteiger partial charge in [-0.15, -0.1) is 0 Å². The van der Waals surface area contributed by atoms with Crippen molar-refractivity contribution in [2.45, 2.75) is 64.3 Å². The lowest BCUT2D eigenvalue weighted by Crippen LogP contribution is -2.52. The SMILES string of the molecule is CC(C)(CCO)OCCc1cc(Cl)cc(NC(=O)NCc2ccc3c(c2)CN(C2CCC(=O)NC2=O)C3=O)c1. The Hall–Kier alpha value is -3.47. The van der Waals surface area contributed by atoms with Gasteiger partial charge in [-0.05, 0) is 74.1 Å². The van der Waals surface area contributed by atoms with Crippen LogP contribution in [0.25, 0.3) is 0 Å². The Bertz CT molecular complexity index is 1280. The van der Waals surface area contributed by atoms with E-state index in [9.17, 15) is 19.2 Å². The zero-order valence-corrected chi connectivity index (χ0v) is 22.8. The van der Waals surface area contributed by atoms with Crippen LogP contribution in [0.2, 0.25) is 5.02 Å². The van der Waals surface area contributed by atoms with Crippen LogP contribution in [0.15, 0.2) is 36.4 Å². The summed E-state index contributed by atoms with van der Waals surface area (Å²) in [5.41, 5.74) is 3.11. The number of anilines is 1. The van der Waals surface area contributed by atoms with Crippen molar-refractivity contribution < 1.29 is 29.0 Å². The van der Waals surface area contributed by atoms with Gasteiger partial charge in [0.1, 0.15) is 6.04 Å². The molecule has 10 nitrogen and oxygen atoms in total. The molecule has 2 heterocycles. The fourth-order valence-electron chi connectivity index (χ4n) is 4.75. The largest absolute Gasteiger partial charge is 0.396 e. The molecule has 2 aliphatic heterocycles. The van der Waals surface area contributed by atoms with Crippen molar-refractivity contribution in [3.8, 4) is 0 Å². The smallest absolute Gasteiger partial charge is 0.319 e. The highest BCUT2D eigenvalue weighted by molar-refractivity contribution is 6.31. The zero-order valence-electron chi connectivity index (χ0n) is 22.0. The summed E-state index contributed by atoms with van der Waals surface area (Å²) in [6.45, 7) is 4.84. The Morgan fingerprint density at radius 1 is 1.18 bits per heavy atom. The van der Waals surface area contributed by atoms with Crippen LogP contribution in [0.4, 0.5) is 10.5 Å². The molecule has 4 rings (SSSR count). The number of benzene rings is 2. The summed E-state index contributed by atoms with van der Waals surface area (Å²) in [6, 6.07) is 9.53. The number of amides is 5. The van der Waals surface area contributed by atoms with Gasteiger partial charge in [-0.2, -0.15) is 0 Å². The third-order valence-corrected chi connectivity index (χ3v) is 7.07. The van der Waals surface area contributed by atoms with Crippen LogP contribution in [-0.2, 0) is 33.8 Å². The Labute approximate surface area is 232 Å². The van der Waals surface area contributed by atoms with Crippen molar-refractivity contribution in [1.82, 2.24) is 15.5 Å². The Morgan fingerprint density at radius 3 is 2.72 bits per heavy atom. The number of aliphatic hydroxyl groups is 1. The zero-order chi connectivity index (χ0) is 28.2. The highest BCUT2D eigenvalue weighted by Crippen LogP contribution is 2.28. The molecule has 1 saturated heterocycles. The predicted molar refractivity (Wildman–Crippen MR) is 145 cm³/mol. The summed E-state index contributed by atoms with van der Waals surface area (Å²) in [5, 5.41) is 17.5. The highest BCUT2D eigenvalue weighted by atomic mass is 35.5. The summed E-state index contributed by atoms with van der Waals surface area (Å²) >= 11 is 6.26. The topological polar surface area (TPSA) is 137 Å². The highest BCUT2D eigenvalue weighted by Gasteiger charge is 2.39. The lowest BCUT2D eigenvalue weighted by molar-refractivity contribution is -0.136. The Kier molecular flexibility index (Phi) is 8.89. The molecule has 0 saturated carbocycles. The fraction of sp³-hybridized carbons (Fsp3) is 0.429. The van der Waals surface area contributed by atoms with Gasteiger partial charge in [-0.25, -0.2) is 4.79 Å². The number of nitrogens with zero attached hydrogens (tertiary/aromatic N) is 1. The van der Waals surface area contributed by atoms with E-state index in [2.05, 4.69) is 16.0 Å². The molecule has 5 amide bonds. The van der Waals surface area contributed by atoms with Crippen molar-refractivity contribution >= 4 is 41.0 Å². The number of carbonyl (C=O) groups excluding carboxylic acids is 4. The van der Waals surface area contributed by atoms with E-state index < -0.39 is 23.6 Å². The molecule has 0 spiro atoms. The van der Waals surface area contributed by atoms with Gasteiger partial charge >= 0.3 is 6.03 Å². The Balaban J connectivity index is 1.31. The third kappa shape index (κ3) is 7.35. The summed E-state index contributed by atoms with van der Waals surface area (Å²) in [7, 11) is 0.